The van der Waals surface area contributed by atoms with Crippen molar-refractivity contribution < 1.29 is 9.59 Å². The number of carbonyl (C=O) groups is 2. The third kappa shape index (κ3) is 4.37. The van der Waals surface area contributed by atoms with Crippen molar-refractivity contribution in [3.8, 4) is 17.2 Å². The fourth-order valence-corrected chi connectivity index (χ4v) is 3.40. The van der Waals surface area contributed by atoms with Crippen LogP contribution < -0.4 is 10.6 Å². The maximum atomic E-state index is 12.0. The van der Waals surface area contributed by atoms with E-state index in [9.17, 15) is 9.59 Å². The molecule has 0 bridgehead atoms. The minimum absolute atomic E-state index is 0.0265. The summed E-state index contributed by atoms with van der Waals surface area (Å²) in [5.74, 6) is 0.194. The Kier molecular flexibility index (Phi) is 6.05. The van der Waals surface area contributed by atoms with Crippen LogP contribution in [-0.2, 0) is 4.79 Å². The van der Waals surface area contributed by atoms with Gasteiger partial charge in [0, 0.05) is 13.2 Å². The molecule has 0 saturated carbocycles. The number of imide groups is 1. The molecule has 1 aromatic carbocycles. The molecule has 0 radical (unpaired) electrons. The van der Waals surface area contributed by atoms with Gasteiger partial charge < -0.3 is 5.32 Å². The lowest BCUT2D eigenvalue weighted by molar-refractivity contribution is -0.117. The summed E-state index contributed by atoms with van der Waals surface area (Å²) in [6.45, 7) is 4.04. The Morgan fingerprint density at radius 1 is 1.14 bits per heavy atom. The van der Waals surface area contributed by atoms with E-state index < -0.39 is 11.9 Å². The second kappa shape index (κ2) is 8.66. The number of hydrogen-bond acceptors (Lipinski definition) is 6. The summed E-state index contributed by atoms with van der Waals surface area (Å²) in [6, 6.07) is 11.1. The van der Waals surface area contributed by atoms with Crippen LogP contribution in [0.1, 0.15) is 11.1 Å². The van der Waals surface area contributed by atoms with Crippen molar-refractivity contribution in [1.29, 1.82) is 0 Å². The van der Waals surface area contributed by atoms with Crippen molar-refractivity contribution in [2.75, 3.05) is 12.8 Å². The number of amides is 3. The van der Waals surface area contributed by atoms with Crippen molar-refractivity contribution in [3.05, 3.63) is 53.7 Å². The highest BCUT2D eigenvalue weighted by molar-refractivity contribution is 7.99. The Labute approximate surface area is 166 Å². The number of benzene rings is 1. The number of nitrogens with zero attached hydrogens (tertiary/aromatic N) is 4. The minimum Gasteiger partial charge on any atom is -0.341 e. The first-order chi connectivity index (χ1) is 13.5. The first kappa shape index (κ1) is 19.6. The fourth-order valence-electron chi connectivity index (χ4n) is 2.65. The van der Waals surface area contributed by atoms with E-state index in [0.29, 0.717) is 16.7 Å². The largest absolute Gasteiger partial charge is 0.341 e. The van der Waals surface area contributed by atoms with E-state index in [-0.39, 0.29) is 5.75 Å². The standard InChI is InChI=1S/C19H20N6O2S/c1-12-7-8-15(13(2)10-12)25-17(14-6-4-5-9-21-14)23-24-19(25)28-11-16(26)22-18(27)20-3/h4-10H,11H2,1-3H3,(H2,20,22,26,27). The molecule has 9 heteroatoms. The molecule has 0 unspecified atom stereocenters. The Morgan fingerprint density at radius 3 is 2.64 bits per heavy atom. The van der Waals surface area contributed by atoms with Gasteiger partial charge in [-0.1, -0.05) is 35.5 Å². The first-order valence-corrected chi connectivity index (χ1v) is 9.57. The number of aryl methyl sites for hydroxylation is 2. The smallest absolute Gasteiger partial charge is 0.321 e. The first-order valence-electron chi connectivity index (χ1n) is 8.58. The summed E-state index contributed by atoms with van der Waals surface area (Å²) < 4.78 is 1.88. The Hall–Kier alpha value is -3.20. The zero-order valence-corrected chi connectivity index (χ0v) is 16.6. The lowest BCUT2D eigenvalue weighted by Gasteiger charge is -2.13. The van der Waals surface area contributed by atoms with E-state index in [2.05, 4.69) is 31.9 Å². The van der Waals surface area contributed by atoms with E-state index in [1.807, 2.05) is 48.7 Å². The van der Waals surface area contributed by atoms with Crippen LogP contribution in [0.25, 0.3) is 17.2 Å². The van der Waals surface area contributed by atoms with Crippen LogP contribution in [0.3, 0.4) is 0 Å². The van der Waals surface area contributed by atoms with E-state index in [4.69, 9.17) is 0 Å². The highest BCUT2D eigenvalue weighted by Gasteiger charge is 2.19. The third-order valence-electron chi connectivity index (χ3n) is 3.93. The number of urea groups is 1. The van der Waals surface area contributed by atoms with E-state index in [0.717, 1.165) is 16.8 Å². The number of carbonyl (C=O) groups excluding carboxylic acids is 2. The zero-order chi connectivity index (χ0) is 20.1. The van der Waals surface area contributed by atoms with Gasteiger partial charge >= 0.3 is 6.03 Å². The molecule has 0 aliphatic heterocycles. The predicted molar refractivity (Wildman–Crippen MR) is 107 cm³/mol. The van der Waals surface area contributed by atoms with E-state index in [1.54, 1.807) is 6.20 Å². The number of hydrogen-bond donors (Lipinski definition) is 2. The van der Waals surface area contributed by atoms with Crippen LogP contribution in [0.15, 0.2) is 47.8 Å². The summed E-state index contributed by atoms with van der Waals surface area (Å²) in [4.78, 5) is 27.6. The molecule has 3 amide bonds. The lowest BCUT2D eigenvalue weighted by Crippen LogP contribution is -2.38. The van der Waals surface area contributed by atoms with Gasteiger partial charge in [-0.3, -0.25) is 19.7 Å². The lowest BCUT2D eigenvalue weighted by atomic mass is 10.1. The highest BCUT2D eigenvalue weighted by Crippen LogP contribution is 2.28. The fraction of sp³-hybridized carbons (Fsp3) is 0.211. The topological polar surface area (TPSA) is 102 Å². The summed E-state index contributed by atoms with van der Waals surface area (Å²) in [6.07, 6.45) is 1.69. The molecule has 28 heavy (non-hydrogen) atoms. The SMILES string of the molecule is CNC(=O)NC(=O)CSc1nnc(-c2ccccn2)n1-c1ccc(C)cc1C. The van der Waals surface area contributed by atoms with Gasteiger partial charge in [-0.05, 0) is 37.6 Å². The maximum absolute atomic E-state index is 12.0. The predicted octanol–water partition coefficient (Wildman–Crippen LogP) is 2.49. The molecule has 0 fully saturated rings. The second-order valence-electron chi connectivity index (χ2n) is 6.06. The normalized spacial score (nSPS) is 10.5. The van der Waals surface area contributed by atoms with Gasteiger partial charge in [0.05, 0.1) is 11.4 Å². The van der Waals surface area contributed by atoms with Gasteiger partial charge in [0.25, 0.3) is 0 Å². The molecular weight excluding hydrogens is 376 g/mol. The van der Waals surface area contributed by atoms with Gasteiger partial charge in [0.1, 0.15) is 5.69 Å². The van der Waals surface area contributed by atoms with Crippen molar-refractivity contribution in [2.45, 2.75) is 19.0 Å². The third-order valence-corrected chi connectivity index (χ3v) is 4.86. The Bertz CT molecular complexity index is 1000. The van der Waals surface area contributed by atoms with Crippen LogP contribution in [0, 0.1) is 13.8 Å². The molecule has 2 heterocycles. The number of pyridine rings is 1. The van der Waals surface area contributed by atoms with Crippen molar-refractivity contribution in [3.63, 3.8) is 0 Å². The van der Waals surface area contributed by atoms with Crippen LogP contribution in [0.2, 0.25) is 0 Å². The summed E-state index contributed by atoms with van der Waals surface area (Å²) in [7, 11) is 1.45. The molecular formula is C19H20N6O2S. The molecule has 2 N–H and O–H groups in total. The molecule has 0 saturated heterocycles. The van der Waals surface area contributed by atoms with Crippen molar-refractivity contribution in [1.82, 2.24) is 30.4 Å². The monoisotopic (exact) mass is 396 g/mol. The summed E-state index contributed by atoms with van der Waals surface area (Å²) in [5.41, 5.74) is 3.78. The summed E-state index contributed by atoms with van der Waals surface area (Å²) >= 11 is 1.20. The Morgan fingerprint density at radius 2 is 1.96 bits per heavy atom. The average molecular weight is 396 g/mol. The van der Waals surface area contributed by atoms with Gasteiger partial charge in [-0.15, -0.1) is 10.2 Å². The Balaban J connectivity index is 1.98. The molecule has 2 aromatic heterocycles. The average Bonchev–Trinajstić information content (AvgIpc) is 3.10. The van der Waals surface area contributed by atoms with E-state index in [1.165, 1.54) is 18.8 Å². The maximum Gasteiger partial charge on any atom is 0.321 e. The van der Waals surface area contributed by atoms with Gasteiger partial charge in [-0.2, -0.15) is 0 Å². The number of thioether (sulfide) groups is 1. The number of aromatic nitrogens is 4. The van der Waals surface area contributed by atoms with Gasteiger partial charge in [-0.25, -0.2) is 4.79 Å². The van der Waals surface area contributed by atoms with Crippen molar-refractivity contribution >= 4 is 23.7 Å². The minimum atomic E-state index is -0.546. The van der Waals surface area contributed by atoms with Crippen LogP contribution in [0.5, 0.6) is 0 Å². The molecule has 0 spiro atoms. The summed E-state index contributed by atoms with van der Waals surface area (Å²) in [5, 5.41) is 13.7. The van der Waals surface area contributed by atoms with Crippen LogP contribution in [-0.4, -0.2) is 44.5 Å². The molecule has 3 aromatic rings. The molecule has 144 valence electrons. The zero-order valence-electron chi connectivity index (χ0n) is 15.8. The quantitative estimate of drug-likeness (QED) is 0.643. The molecule has 3 rings (SSSR count). The van der Waals surface area contributed by atoms with Gasteiger partial charge in [0.2, 0.25) is 5.91 Å². The number of nitrogens with one attached hydrogen (secondary N) is 2. The molecule has 0 atom stereocenters. The van der Waals surface area contributed by atoms with E-state index >= 15 is 0 Å². The molecule has 8 nitrogen and oxygen atoms in total. The number of rotatable bonds is 5. The molecule has 0 aliphatic carbocycles. The van der Waals surface area contributed by atoms with Gasteiger partial charge in [0.15, 0.2) is 11.0 Å². The van der Waals surface area contributed by atoms with Crippen LogP contribution in [0.4, 0.5) is 4.79 Å². The van der Waals surface area contributed by atoms with Crippen LogP contribution >= 0.6 is 11.8 Å². The van der Waals surface area contributed by atoms with Crippen molar-refractivity contribution in [2.24, 2.45) is 0 Å². The second-order valence-corrected chi connectivity index (χ2v) is 7.00. The molecule has 0 aliphatic rings. The highest BCUT2D eigenvalue weighted by atomic mass is 32.2.